The molecule has 1 aromatic heterocycles. The van der Waals surface area contributed by atoms with Gasteiger partial charge < -0.3 is 11.1 Å². The van der Waals surface area contributed by atoms with Crippen molar-refractivity contribution in [1.82, 2.24) is 5.32 Å². The smallest absolute Gasteiger partial charge is 0.220 e. The number of carbonyl (C=O) groups is 1. The molecule has 3 N–H and O–H groups in total. The van der Waals surface area contributed by atoms with Crippen LogP contribution in [0.1, 0.15) is 37.1 Å². The predicted molar refractivity (Wildman–Crippen MR) is 76.2 cm³/mol. The SMILES string of the molecule is CC(C)CCC(=O)NCc1sccc1C#CCN. The molecule has 1 rings (SSSR count). The average molecular weight is 264 g/mol. The van der Waals surface area contributed by atoms with Crippen molar-refractivity contribution in [2.24, 2.45) is 11.7 Å². The highest BCUT2D eigenvalue weighted by atomic mass is 32.1. The number of carbonyl (C=O) groups excluding carboxylic acids is 1. The van der Waals surface area contributed by atoms with Crippen LogP contribution in [0.25, 0.3) is 0 Å². The fraction of sp³-hybridized carbons (Fsp3) is 0.500. The van der Waals surface area contributed by atoms with Crippen molar-refractivity contribution in [2.45, 2.75) is 33.2 Å². The lowest BCUT2D eigenvalue weighted by molar-refractivity contribution is -0.121. The van der Waals surface area contributed by atoms with Gasteiger partial charge in [0.25, 0.3) is 0 Å². The Morgan fingerprint density at radius 2 is 2.33 bits per heavy atom. The Balaban J connectivity index is 2.43. The summed E-state index contributed by atoms with van der Waals surface area (Å²) >= 11 is 1.61. The van der Waals surface area contributed by atoms with E-state index < -0.39 is 0 Å². The van der Waals surface area contributed by atoms with Crippen LogP contribution in [-0.4, -0.2) is 12.5 Å². The highest BCUT2D eigenvalue weighted by Gasteiger charge is 2.06. The molecule has 1 heterocycles. The Morgan fingerprint density at radius 1 is 1.56 bits per heavy atom. The lowest BCUT2D eigenvalue weighted by atomic mass is 10.1. The summed E-state index contributed by atoms with van der Waals surface area (Å²) in [5.41, 5.74) is 6.31. The van der Waals surface area contributed by atoms with E-state index >= 15 is 0 Å². The summed E-state index contributed by atoms with van der Waals surface area (Å²) in [6.07, 6.45) is 1.52. The summed E-state index contributed by atoms with van der Waals surface area (Å²) in [7, 11) is 0. The first-order valence-corrected chi connectivity index (χ1v) is 7.03. The number of amides is 1. The number of rotatable bonds is 5. The molecular weight excluding hydrogens is 244 g/mol. The van der Waals surface area contributed by atoms with Crippen LogP contribution in [0.4, 0.5) is 0 Å². The maximum atomic E-state index is 11.6. The number of thiophene rings is 1. The first-order chi connectivity index (χ1) is 8.63. The Labute approximate surface area is 113 Å². The standard InChI is InChI=1S/C14H20N2OS/c1-11(2)5-6-14(17)16-10-13-12(4-3-8-15)7-9-18-13/h7,9,11H,5-6,8,10,15H2,1-2H3,(H,16,17). The van der Waals surface area contributed by atoms with Gasteiger partial charge in [0.1, 0.15) is 0 Å². The molecule has 98 valence electrons. The van der Waals surface area contributed by atoms with Crippen molar-refractivity contribution in [2.75, 3.05) is 6.54 Å². The van der Waals surface area contributed by atoms with E-state index in [0.717, 1.165) is 16.9 Å². The molecule has 1 amide bonds. The number of nitrogens with one attached hydrogen (secondary N) is 1. The Morgan fingerprint density at radius 3 is 3.00 bits per heavy atom. The minimum atomic E-state index is 0.106. The lowest BCUT2D eigenvalue weighted by Gasteiger charge is -2.06. The molecule has 0 saturated heterocycles. The molecule has 0 radical (unpaired) electrons. The number of hydrogen-bond acceptors (Lipinski definition) is 3. The van der Waals surface area contributed by atoms with E-state index in [0.29, 0.717) is 25.4 Å². The van der Waals surface area contributed by atoms with Crippen LogP contribution in [0, 0.1) is 17.8 Å². The van der Waals surface area contributed by atoms with Crippen LogP contribution >= 0.6 is 11.3 Å². The van der Waals surface area contributed by atoms with E-state index in [1.54, 1.807) is 11.3 Å². The third-order valence-electron chi connectivity index (χ3n) is 2.47. The number of nitrogens with two attached hydrogens (primary N) is 1. The third kappa shape index (κ3) is 5.35. The molecule has 0 aliphatic carbocycles. The quantitative estimate of drug-likeness (QED) is 0.800. The Hall–Kier alpha value is -1.31. The van der Waals surface area contributed by atoms with Crippen molar-refractivity contribution >= 4 is 17.2 Å². The summed E-state index contributed by atoms with van der Waals surface area (Å²) in [4.78, 5) is 12.7. The van der Waals surface area contributed by atoms with Crippen LogP contribution in [0.2, 0.25) is 0 Å². The Kier molecular flexibility index (Phi) is 6.48. The van der Waals surface area contributed by atoms with Crippen molar-refractivity contribution in [3.8, 4) is 11.8 Å². The van der Waals surface area contributed by atoms with Gasteiger partial charge in [0.2, 0.25) is 5.91 Å². The van der Waals surface area contributed by atoms with Crippen LogP contribution in [0.15, 0.2) is 11.4 Å². The second-order valence-corrected chi connectivity index (χ2v) is 5.47. The first-order valence-electron chi connectivity index (χ1n) is 6.15. The molecule has 1 aromatic rings. The molecule has 18 heavy (non-hydrogen) atoms. The van der Waals surface area contributed by atoms with Gasteiger partial charge in [-0.05, 0) is 23.8 Å². The summed E-state index contributed by atoms with van der Waals surface area (Å²) in [5, 5.41) is 4.91. The zero-order chi connectivity index (χ0) is 13.4. The van der Waals surface area contributed by atoms with Crippen molar-refractivity contribution in [3.05, 3.63) is 21.9 Å². The van der Waals surface area contributed by atoms with Gasteiger partial charge in [0.05, 0.1) is 13.1 Å². The van der Waals surface area contributed by atoms with Gasteiger partial charge in [-0.3, -0.25) is 4.79 Å². The van der Waals surface area contributed by atoms with Gasteiger partial charge >= 0.3 is 0 Å². The highest BCUT2D eigenvalue weighted by Crippen LogP contribution is 2.15. The monoisotopic (exact) mass is 264 g/mol. The summed E-state index contributed by atoms with van der Waals surface area (Å²) in [6, 6.07) is 1.96. The van der Waals surface area contributed by atoms with Crippen LogP contribution < -0.4 is 11.1 Å². The normalized spacial score (nSPS) is 10.0. The van der Waals surface area contributed by atoms with E-state index in [2.05, 4.69) is 31.0 Å². The van der Waals surface area contributed by atoms with E-state index in [1.807, 2.05) is 11.4 Å². The lowest BCUT2D eigenvalue weighted by Crippen LogP contribution is -2.22. The van der Waals surface area contributed by atoms with Crippen molar-refractivity contribution in [3.63, 3.8) is 0 Å². The molecule has 0 saturated carbocycles. The summed E-state index contributed by atoms with van der Waals surface area (Å²) in [6.45, 7) is 5.15. The average Bonchev–Trinajstić information content (AvgIpc) is 2.78. The van der Waals surface area contributed by atoms with E-state index in [4.69, 9.17) is 5.73 Å². The van der Waals surface area contributed by atoms with Gasteiger partial charge in [-0.15, -0.1) is 11.3 Å². The molecule has 0 fully saturated rings. The van der Waals surface area contributed by atoms with Gasteiger partial charge in [0.15, 0.2) is 0 Å². The molecule has 0 spiro atoms. The van der Waals surface area contributed by atoms with Crippen LogP contribution in [0.5, 0.6) is 0 Å². The van der Waals surface area contributed by atoms with E-state index in [-0.39, 0.29) is 5.91 Å². The molecule has 4 heteroatoms. The maximum Gasteiger partial charge on any atom is 0.220 e. The third-order valence-corrected chi connectivity index (χ3v) is 3.39. The van der Waals surface area contributed by atoms with Crippen LogP contribution in [-0.2, 0) is 11.3 Å². The van der Waals surface area contributed by atoms with E-state index in [1.165, 1.54) is 0 Å². The molecule has 0 atom stereocenters. The minimum Gasteiger partial charge on any atom is -0.351 e. The van der Waals surface area contributed by atoms with Gasteiger partial charge in [-0.1, -0.05) is 25.7 Å². The summed E-state index contributed by atoms with van der Waals surface area (Å²) < 4.78 is 0. The van der Waals surface area contributed by atoms with Crippen LogP contribution in [0.3, 0.4) is 0 Å². The topological polar surface area (TPSA) is 55.1 Å². The zero-order valence-corrected chi connectivity index (χ0v) is 11.8. The largest absolute Gasteiger partial charge is 0.351 e. The van der Waals surface area contributed by atoms with Gasteiger partial charge in [0, 0.05) is 16.9 Å². The molecule has 0 bridgehead atoms. The van der Waals surface area contributed by atoms with Gasteiger partial charge in [-0.2, -0.15) is 0 Å². The minimum absolute atomic E-state index is 0.106. The zero-order valence-electron chi connectivity index (χ0n) is 11.0. The van der Waals surface area contributed by atoms with Gasteiger partial charge in [-0.25, -0.2) is 0 Å². The molecule has 0 aliphatic heterocycles. The number of hydrogen-bond donors (Lipinski definition) is 2. The summed E-state index contributed by atoms with van der Waals surface area (Å²) in [5.74, 6) is 6.51. The maximum absolute atomic E-state index is 11.6. The van der Waals surface area contributed by atoms with Crippen molar-refractivity contribution < 1.29 is 4.79 Å². The molecule has 3 nitrogen and oxygen atoms in total. The van der Waals surface area contributed by atoms with E-state index in [9.17, 15) is 4.79 Å². The first kappa shape index (κ1) is 14.7. The molecular formula is C14H20N2OS. The fourth-order valence-electron chi connectivity index (χ4n) is 1.42. The fourth-order valence-corrected chi connectivity index (χ4v) is 2.19. The van der Waals surface area contributed by atoms with Crippen molar-refractivity contribution in [1.29, 1.82) is 0 Å². The highest BCUT2D eigenvalue weighted by molar-refractivity contribution is 7.10. The molecule has 0 unspecified atom stereocenters. The molecule has 0 aliphatic rings. The Bertz CT molecular complexity index is 440. The predicted octanol–water partition coefficient (Wildman–Crippen LogP) is 2.11. The molecule has 0 aromatic carbocycles. The second kappa shape index (κ2) is 7.91. The second-order valence-electron chi connectivity index (χ2n) is 4.47.